The summed E-state index contributed by atoms with van der Waals surface area (Å²) in [5.41, 5.74) is 0. The van der Waals surface area contributed by atoms with Crippen LogP contribution in [0.1, 0.15) is 30.4 Å². The predicted octanol–water partition coefficient (Wildman–Crippen LogP) is 1.16. The first kappa shape index (κ1) is 13.7. The number of carbonyl (C=O) groups is 1. The van der Waals surface area contributed by atoms with Crippen LogP contribution in [0.25, 0.3) is 0 Å². The average Bonchev–Trinajstić information content (AvgIpc) is 2.42. The highest BCUT2D eigenvalue weighted by Crippen LogP contribution is 2.18. The van der Waals surface area contributed by atoms with Crippen LogP contribution in [0.2, 0.25) is 0 Å². The van der Waals surface area contributed by atoms with Crippen LogP contribution in [0.4, 0.5) is 5.82 Å². The predicted molar refractivity (Wildman–Crippen MR) is 72.1 cm³/mol. The van der Waals surface area contributed by atoms with Crippen LogP contribution in [-0.2, 0) is 4.74 Å². The van der Waals surface area contributed by atoms with Crippen molar-refractivity contribution in [3.05, 3.63) is 18.1 Å². The van der Waals surface area contributed by atoms with E-state index in [-0.39, 0.29) is 5.82 Å². The van der Waals surface area contributed by atoms with Gasteiger partial charge in [0.15, 0.2) is 0 Å². The molecule has 0 aromatic carbocycles. The van der Waals surface area contributed by atoms with Crippen LogP contribution >= 0.6 is 0 Å². The van der Waals surface area contributed by atoms with Crippen LogP contribution in [0, 0.1) is 0 Å². The third kappa shape index (κ3) is 3.41. The highest BCUT2D eigenvalue weighted by molar-refractivity contribution is 5.85. The standard InChI is InChI=1S/C13H20N4O2/c1-9-8-10(5-7-17(9)2)15-11-4-6-14-12(16-11)13(18)19-3/h4,6,9-10H,5,7-8H2,1-3H3,(H,14,15,16). The first-order valence-electron chi connectivity index (χ1n) is 6.48. The first-order chi connectivity index (χ1) is 9.10. The van der Waals surface area contributed by atoms with Crippen molar-refractivity contribution in [2.45, 2.75) is 31.8 Å². The molecule has 1 aromatic rings. The number of nitrogens with zero attached hydrogens (tertiary/aromatic N) is 3. The van der Waals surface area contributed by atoms with Gasteiger partial charge in [-0.25, -0.2) is 14.8 Å². The number of hydrogen-bond donors (Lipinski definition) is 1. The second-order valence-corrected chi connectivity index (χ2v) is 4.95. The molecule has 0 bridgehead atoms. The minimum atomic E-state index is -0.514. The molecule has 1 aliphatic heterocycles. The Labute approximate surface area is 113 Å². The van der Waals surface area contributed by atoms with Crippen molar-refractivity contribution in [2.75, 3.05) is 26.0 Å². The maximum atomic E-state index is 11.4. The number of likely N-dealkylation sites (tertiary alicyclic amines) is 1. The summed E-state index contributed by atoms with van der Waals surface area (Å²) in [5.74, 6) is 0.256. The Morgan fingerprint density at radius 3 is 3.05 bits per heavy atom. The maximum absolute atomic E-state index is 11.4. The molecule has 0 radical (unpaired) electrons. The molecule has 0 amide bonds. The molecule has 2 rings (SSSR count). The molecule has 0 spiro atoms. The van der Waals surface area contributed by atoms with E-state index in [1.54, 1.807) is 12.3 Å². The lowest BCUT2D eigenvalue weighted by Gasteiger charge is -2.35. The third-order valence-electron chi connectivity index (χ3n) is 3.58. The van der Waals surface area contributed by atoms with E-state index in [1.165, 1.54) is 7.11 Å². The molecule has 19 heavy (non-hydrogen) atoms. The number of ether oxygens (including phenoxy) is 1. The molecule has 0 aliphatic carbocycles. The topological polar surface area (TPSA) is 67.3 Å². The third-order valence-corrected chi connectivity index (χ3v) is 3.58. The average molecular weight is 264 g/mol. The van der Waals surface area contributed by atoms with E-state index < -0.39 is 5.97 Å². The van der Waals surface area contributed by atoms with Gasteiger partial charge in [-0.15, -0.1) is 0 Å². The van der Waals surface area contributed by atoms with Crippen molar-refractivity contribution in [3.63, 3.8) is 0 Å². The van der Waals surface area contributed by atoms with Gasteiger partial charge in [-0.2, -0.15) is 0 Å². The minimum absolute atomic E-state index is 0.0912. The second kappa shape index (κ2) is 5.97. The number of esters is 1. The lowest BCUT2D eigenvalue weighted by atomic mass is 9.99. The molecule has 2 unspecified atom stereocenters. The Morgan fingerprint density at radius 1 is 1.58 bits per heavy atom. The molecular formula is C13H20N4O2. The molecule has 1 aromatic heterocycles. The highest BCUT2D eigenvalue weighted by Gasteiger charge is 2.23. The van der Waals surface area contributed by atoms with Gasteiger partial charge in [0.2, 0.25) is 5.82 Å². The van der Waals surface area contributed by atoms with Crippen LogP contribution in [0.3, 0.4) is 0 Å². The lowest BCUT2D eigenvalue weighted by Crippen LogP contribution is -2.42. The van der Waals surface area contributed by atoms with E-state index in [2.05, 4.69) is 38.9 Å². The molecule has 1 saturated heterocycles. The van der Waals surface area contributed by atoms with E-state index in [4.69, 9.17) is 0 Å². The Kier molecular flexibility index (Phi) is 4.31. The lowest BCUT2D eigenvalue weighted by molar-refractivity contribution is 0.0587. The SMILES string of the molecule is COC(=O)c1nccc(NC2CCN(C)C(C)C2)n1. The van der Waals surface area contributed by atoms with E-state index in [9.17, 15) is 4.79 Å². The zero-order valence-corrected chi connectivity index (χ0v) is 11.6. The number of nitrogens with one attached hydrogen (secondary N) is 1. The molecule has 1 fully saturated rings. The van der Waals surface area contributed by atoms with E-state index in [1.807, 2.05) is 0 Å². The van der Waals surface area contributed by atoms with Gasteiger partial charge >= 0.3 is 5.97 Å². The fourth-order valence-corrected chi connectivity index (χ4v) is 2.26. The van der Waals surface area contributed by atoms with Gasteiger partial charge in [-0.3, -0.25) is 0 Å². The van der Waals surface area contributed by atoms with Crippen molar-refractivity contribution < 1.29 is 9.53 Å². The van der Waals surface area contributed by atoms with Crippen molar-refractivity contribution in [2.24, 2.45) is 0 Å². The summed E-state index contributed by atoms with van der Waals surface area (Å²) >= 11 is 0. The largest absolute Gasteiger partial charge is 0.463 e. The van der Waals surface area contributed by atoms with Gasteiger partial charge in [0.1, 0.15) is 5.82 Å². The highest BCUT2D eigenvalue weighted by atomic mass is 16.5. The molecule has 2 atom stereocenters. The molecule has 1 aliphatic rings. The van der Waals surface area contributed by atoms with E-state index in [0.29, 0.717) is 17.9 Å². The molecule has 6 nitrogen and oxygen atoms in total. The fraction of sp³-hybridized carbons (Fsp3) is 0.615. The van der Waals surface area contributed by atoms with E-state index in [0.717, 1.165) is 19.4 Å². The van der Waals surface area contributed by atoms with Crippen molar-refractivity contribution in [1.82, 2.24) is 14.9 Å². The monoisotopic (exact) mass is 264 g/mol. The molecule has 1 N–H and O–H groups in total. The summed E-state index contributed by atoms with van der Waals surface area (Å²) in [4.78, 5) is 21.8. The summed E-state index contributed by atoms with van der Waals surface area (Å²) in [6.45, 7) is 3.28. The number of rotatable bonds is 3. The summed E-state index contributed by atoms with van der Waals surface area (Å²) in [6, 6.07) is 2.70. The van der Waals surface area contributed by atoms with Gasteiger partial charge in [0.25, 0.3) is 0 Å². The van der Waals surface area contributed by atoms with Crippen LogP contribution in [0.5, 0.6) is 0 Å². The van der Waals surface area contributed by atoms with Gasteiger partial charge in [-0.1, -0.05) is 0 Å². The Bertz CT molecular complexity index is 452. The molecule has 2 heterocycles. The van der Waals surface area contributed by atoms with Crippen LogP contribution in [-0.4, -0.2) is 53.6 Å². The number of piperidine rings is 1. The quantitative estimate of drug-likeness (QED) is 0.826. The van der Waals surface area contributed by atoms with Gasteiger partial charge in [-0.05, 0) is 32.9 Å². The van der Waals surface area contributed by atoms with E-state index >= 15 is 0 Å². The van der Waals surface area contributed by atoms with Gasteiger partial charge in [0.05, 0.1) is 7.11 Å². The summed E-state index contributed by atoms with van der Waals surface area (Å²) in [5, 5.41) is 3.37. The van der Waals surface area contributed by atoms with Gasteiger partial charge in [0, 0.05) is 24.8 Å². The van der Waals surface area contributed by atoms with Crippen molar-refractivity contribution >= 4 is 11.8 Å². The Hall–Kier alpha value is -1.69. The van der Waals surface area contributed by atoms with Crippen LogP contribution < -0.4 is 5.32 Å². The molecular weight excluding hydrogens is 244 g/mol. The maximum Gasteiger partial charge on any atom is 0.376 e. The fourth-order valence-electron chi connectivity index (χ4n) is 2.26. The number of aromatic nitrogens is 2. The zero-order valence-electron chi connectivity index (χ0n) is 11.6. The molecule has 0 saturated carbocycles. The minimum Gasteiger partial charge on any atom is -0.463 e. The molecule has 6 heteroatoms. The van der Waals surface area contributed by atoms with Gasteiger partial charge < -0.3 is 15.0 Å². The molecule has 104 valence electrons. The number of methoxy groups -OCH3 is 1. The number of hydrogen-bond acceptors (Lipinski definition) is 6. The number of carbonyl (C=O) groups excluding carboxylic acids is 1. The Balaban J connectivity index is 2.01. The second-order valence-electron chi connectivity index (χ2n) is 4.95. The summed E-state index contributed by atoms with van der Waals surface area (Å²) in [7, 11) is 3.46. The summed E-state index contributed by atoms with van der Waals surface area (Å²) in [6.07, 6.45) is 3.70. The number of anilines is 1. The first-order valence-corrected chi connectivity index (χ1v) is 6.48. The zero-order chi connectivity index (χ0) is 13.8. The Morgan fingerprint density at radius 2 is 2.37 bits per heavy atom. The van der Waals surface area contributed by atoms with Crippen LogP contribution in [0.15, 0.2) is 12.3 Å². The summed E-state index contributed by atoms with van der Waals surface area (Å²) < 4.78 is 4.61. The van der Waals surface area contributed by atoms with Crippen molar-refractivity contribution in [3.8, 4) is 0 Å². The smallest absolute Gasteiger partial charge is 0.376 e. The van der Waals surface area contributed by atoms with Crippen molar-refractivity contribution in [1.29, 1.82) is 0 Å². The normalized spacial score (nSPS) is 23.9.